The Balaban J connectivity index is 1.59. The van der Waals surface area contributed by atoms with Crippen LogP contribution in [0.3, 0.4) is 0 Å². The number of anilines is 1. The van der Waals surface area contributed by atoms with E-state index in [1.54, 1.807) is 43.3 Å². The number of benzene rings is 3. The minimum absolute atomic E-state index is 0.137. The summed E-state index contributed by atoms with van der Waals surface area (Å²) < 4.78 is 7.34. The lowest BCUT2D eigenvalue weighted by Crippen LogP contribution is -2.54. The Morgan fingerprint density at radius 3 is 2.42 bits per heavy atom. The molecule has 166 valence electrons. The molecular weight excluding hydrogens is 552 g/mol. The topological polar surface area (TPSA) is 75.7 Å². The molecule has 3 aromatic rings. The van der Waals surface area contributed by atoms with Gasteiger partial charge in [0, 0.05) is 4.47 Å². The van der Waals surface area contributed by atoms with E-state index in [1.165, 1.54) is 6.08 Å². The van der Waals surface area contributed by atoms with E-state index in [9.17, 15) is 14.4 Å². The first-order valence-electron chi connectivity index (χ1n) is 9.97. The number of aryl methyl sites for hydroxylation is 1. The number of carbonyl (C=O) groups is 3. The monoisotopic (exact) mass is 568 g/mol. The van der Waals surface area contributed by atoms with Crippen LogP contribution in [0.5, 0.6) is 5.75 Å². The molecule has 1 saturated heterocycles. The lowest BCUT2D eigenvalue weighted by molar-refractivity contribution is -0.122. The Hall–Kier alpha value is -3.23. The maximum Gasteiger partial charge on any atom is 0.335 e. The number of nitrogens with zero attached hydrogens (tertiary/aromatic N) is 1. The Morgan fingerprint density at radius 2 is 1.73 bits per heavy atom. The summed E-state index contributed by atoms with van der Waals surface area (Å²) in [4.78, 5) is 39.0. The molecule has 6 nitrogen and oxygen atoms in total. The van der Waals surface area contributed by atoms with Gasteiger partial charge in [0.1, 0.15) is 17.9 Å². The second-order valence-electron chi connectivity index (χ2n) is 7.35. The fourth-order valence-electron chi connectivity index (χ4n) is 3.37. The molecule has 0 atom stereocenters. The first-order chi connectivity index (χ1) is 15.8. The lowest BCUT2D eigenvalue weighted by atomic mass is 10.1. The smallest absolute Gasteiger partial charge is 0.335 e. The van der Waals surface area contributed by atoms with E-state index < -0.39 is 17.8 Å². The third-order valence-electron chi connectivity index (χ3n) is 5.01. The molecule has 3 aromatic carbocycles. The molecule has 1 fully saturated rings. The summed E-state index contributed by atoms with van der Waals surface area (Å²) in [5.74, 6) is -0.797. The molecular formula is C25H18Br2N2O4. The second-order valence-corrected chi connectivity index (χ2v) is 9.12. The first-order valence-corrected chi connectivity index (χ1v) is 11.6. The van der Waals surface area contributed by atoms with Crippen LogP contribution in [0.15, 0.2) is 81.2 Å². The summed E-state index contributed by atoms with van der Waals surface area (Å²) in [6, 6.07) is 19.4. The van der Waals surface area contributed by atoms with E-state index in [-0.39, 0.29) is 5.57 Å². The second kappa shape index (κ2) is 9.72. The highest BCUT2D eigenvalue weighted by Gasteiger charge is 2.37. The van der Waals surface area contributed by atoms with E-state index in [2.05, 4.69) is 37.2 Å². The van der Waals surface area contributed by atoms with Crippen molar-refractivity contribution in [3.8, 4) is 5.75 Å². The number of hydrogen-bond donors (Lipinski definition) is 1. The van der Waals surface area contributed by atoms with Gasteiger partial charge in [-0.1, -0.05) is 52.3 Å². The maximum absolute atomic E-state index is 13.1. The standard InChI is InChI=1S/C25H18Br2N2O4/c1-15-11-18(26)8-9-21(15)29-24(31)19(23(30)28-25(29)32)12-17-7-10-22(20(27)13-17)33-14-16-5-3-2-4-6-16/h2-13H,14H2,1H3,(H,28,30,32)/b19-12-. The Morgan fingerprint density at radius 1 is 0.970 bits per heavy atom. The van der Waals surface area contributed by atoms with Gasteiger partial charge < -0.3 is 4.74 Å². The number of nitrogens with one attached hydrogen (secondary N) is 1. The van der Waals surface area contributed by atoms with E-state index in [1.807, 2.05) is 30.3 Å². The number of urea groups is 1. The zero-order valence-electron chi connectivity index (χ0n) is 17.5. The SMILES string of the molecule is Cc1cc(Br)ccc1N1C(=O)NC(=O)/C(=C/c2ccc(OCc3ccccc3)c(Br)c2)C1=O. The molecule has 1 heterocycles. The van der Waals surface area contributed by atoms with Crippen molar-refractivity contribution in [2.45, 2.75) is 13.5 Å². The number of halogens is 2. The summed E-state index contributed by atoms with van der Waals surface area (Å²) in [6.45, 7) is 2.19. The lowest BCUT2D eigenvalue weighted by Gasteiger charge is -2.27. The van der Waals surface area contributed by atoms with Gasteiger partial charge in [0.2, 0.25) is 0 Å². The number of carbonyl (C=O) groups excluding carboxylic acids is 3. The van der Waals surface area contributed by atoms with Crippen LogP contribution >= 0.6 is 31.9 Å². The van der Waals surface area contributed by atoms with Crippen LogP contribution in [0.25, 0.3) is 6.08 Å². The van der Waals surface area contributed by atoms with Crippen molar-refractivity contribution in [1.82, 2.24) is 5.32 Å². The van der Waals surface area contributed by atoms with Crippen molar-refractivity contribution in [2.24, 2.45) is 0 Å². The van der Waals surface area contributed by atoms with Crippen LogP contribution in [0.4, 0.5) is 10.5 Å². The van der Waals surface area contributed by atoms with Gasteiger partial charge in [0.25, 0.3) is 11.8 Å². The van der Waals surface area contributed by atoms with Gasteiger partial charge in [-0.2, -0.15) is 0 Å². The molecule has 0 aliphatic carbocycles. The third kappa shape index (κ3) is 5.07. The molecule has 4 rings (SSSR count). The van der Waals surface area contributed by atoms with Gasteiger partial charge in [0.05, 0.1) is 10.2 Å². The molecule has 0 saturated carbocycles. The van der Waals surface area contributed by atoms with Crippen LogP contribution in [-0.4, -0.2) is 17.8 Å². The van der Waals surface area contributed by atoms with Crippen molar-refractivity contribution in [3.05, 3.63) is 97.9 Å². The van der Waals surface area contributed by atoms with E-state index in [0.717, 1.165) is 14.9 Å². The van der Waals surface area contributed by atoms with E-state index in [4.69, 9.17) is 4.74 Å². The molecule has 33 heavy (non-hydrogen) atoms. The van der Waals surface area contributed by atoms with Crippen molar-refractivity contribution in [1.29, 1.82) is 0 Å². The highest BCUT2D eigenvalue weighted by Crippen LogP contribution is 2.30. The van der Waals surface area contributed by atoms with Gasteiger partial charge in [-0.25, -0.2) is 9.69 Å². The Kier molecular flexibility index (Phi) is 6.76. The highest BCUT2D eigenvalue weighted by atomic mass is 79.9. The van der Waals surface area contributed by atoms with Crippen LogP contribution < -0.4 is 15.0 Å². The quantitative estimate of drug-likeness (QED) is 0.313. The number of ether oxygens (including phenoxy) is 1. The van der Waals surface area contributed by atoms with Crippen LogP contribution in [0.1, 0.15) is 16.7 Å². The zero-order valence-corrected chi connectivity index (χ0v) is 20.6. The summed E-state index contributed by atoms with van der Waals surface area (Å²) in [7, 11) is 0. The maximum atomic E-state index is 13.1. The Bertz CT molecular complexity index is 1290. The predicted octanol–water partition coefficient (Wildman–Crippen LogP) is 5.77. The average molecular weight is 570 g/mol. The van der Waals surface area contributed by atoms with E-state index in [0.29, 0.717) is 33.6 Å². The van der Waals surface area contributed by atoms with E-state index >= 15 is 0 Å². The number of hydrogen-bond acceptors (Lipinski definition) is 4. The predicted molar refractivity (Wildman–Crippen MR) is 133 cm³/mol. The third-order valence-corrected chi connectivity index (χ3v) is 6.12. The summed E-state index contributed by atoms with van der Waals surface area (Å²) in [6.07, 6.45) is 1.46. The minimum atomic E-state index is -0.779. The van der Waals surface area contributed by atoms with Crippen LogP contribution in [0.2, 0.25) is 0 Å². The molecule has 0 unspecified atom stereocenters. The average Bonchev–Trinajstić information content (AvgIpc) is 2.78. The molecule has 1 N–H and O–H groups in total. The normalized spacial score (nSPS) is 15.1. The molecule has 8 heteroatoms. The molecule has 0 spiro atoms. The summed E-state index contributed by atoms with van der Waals surface area (Å²) in [5.41, 5.74) is 2.62. The summed E-state index contributed by atoms with van der Waals surface area (Å²) in [5, 5.41) is 2.25. The Labute approximate surface area is 207 Å². The molecule has 1 aliphatic heterocycles. The van der Waals surface area contributed by atoms with Crippen molar-refractivity contribution < 1.29 is 19.1 Å². The van der Waals surface area contributed by atoms with Gasteiger partial charge in [-0.3, -0.25) is 14.9 Å². The molecule has 1 aliphatic rings. The van der Waals surface area contributed by atoms with Gasteiger partial charge >= 0.3 is 6.03 Å². The fourth-order valence-corrected chi connectivity index (χ4v) is 4.36. The molecule has 0 bridgehead atoms. The van der Waals surface area contributed by atoms with Crippen molar-refractivity contribution in [2.75, 3.05) is 4.90 Å². The highest BCUT2D eigenvalue weighted by molar-refractivity contribution is 9.10. The summed E-state index contributed by atoms with van der Waals surface area (Å²) >= 11 is 6.85. The molecule has 4 amide bonds. The first kappa shape index (κ1) is 22.9. The largest absolute Gasteiger partial charge is 0.488 e. The number of imide groups is 2. The number of barbiturate groups is 1. The molecule has 0 radical (unpaired) electrons. The van der Waals surface area contributed by atoms with Gasteiger partial charge in [-0.15, -0.1) is 0 Å². The van der Waals surface area contributed by atoms with Gasteiger partial charge in [-0.05, 0) is 76.0 Å². The van der Waals surface area contributed by atoms with Crippen LogP contribution in [0, 0.1) is 6.92 Å². The van der Waals surface area contributed by atoms with Crippen LogP contribution in [-0.2, 0) is 16.2 Å². The number of rotatable bonds is 5. The van der Waals surface area contributed by atoms with Crippen molar-refractivity contribution in [3.63, 3.8) is 0 Å². The van der Waals surface area contributed by atoms with Gasteiger partial charge in [0.15, 0.2) is 0 Å². The van der Waals surface area contributed by atoms with Crippen molar-refractivity contribution >= 4 is 61.5 Å². The zero-order chi connectivity index (χ0) is 23.5. The number of amides is 4. The molecule has 0 aromatic heterocycles. The fraction of sp³-hybridized carbons (Fsp3) is 0.0800. The minimum Gasteiger partial charge on any atom is -0.488 e.